The number of hydrogen-bond acceptors (Lipinski definition) is 3. The molecule has 17 heavy (non-hydrogen) atoms. The summed E-state index contributed by atoms with van der Waals surface area (Å²) < 4.78 is 33.1. The van der Waals surface area contributed by atoms with Crippen molar-refractivity contribution in [1.82, 2.24) is 10.2 Å². The fraction of sp³-hybridized carbons (Fsp3) is 0.182. The third kappa shape index (κ3) is 3.39. The Morgan fingerprint density at radius 2 is 1.94 bits per heavy atom. The van der Waals surface area contributed by atoms with Crippen molar-refractivity contribution in [2.75, 3.05) is 5.75 Å². The van der Waals surface area contributed by atoms with Gasteiger partial charge in [0.05, 0.1) is 11.4 Å². The van der Waals surface area contributed by atoms with Gasteiger partial charge in [-0.15, -0.1) is 3.89 Å². The first kappa shape index (κ1) is 11.8. The van der Waals surface area contributed by atoms with Gasteiger partial charge in [-0.1, -0.05) is 30.3 Å². The van der Waals surface area contributed by atoms with Gasteiger partial charge in [0.1, 0.15) is 0 Å². The maximum Gasteiger partial charge on any atom is 0.302 e. The van der Waals surface area contributed by atoms with Crippen LogP contribution < -0.4 is 0 Å². The number of aromatic amines is 1. The lowest BCUT2D eigenvalue weighted by Crippen LogP contribution is -2.02. The normalized spacial score (nSPS) is 11.6. The quantitative estimate of drug-likeness (QED) is 0.848. The molecular formula is C11H11FN2O2S. The number of nitrogens with one attached hydrogen (secondary N) is 1. The Kier molecular flexibility index (Phi) is 3.23. The van der Waals surface area contributed by atoms with Gasteiger partial charge < -0.3 is 0 Å². The zero-order valence-corrected chi connectivity index (χ0v) is 9.74. The third-order valence-electron chi connectivity index (χ3n) is 2.32. The predicted molar refractivity (Wildman–Crippen MR) is 62.6 cm³/mol. The standard InChI is InChI=1S/C11H11FN2O2S/c12-17(15,16)7-6-10-8-11(14-13-10)9-4-2-1-3-5-9/h1-5,8H,6-7H2,(H,13,14). The highest BCUT2D eigenvalue weighted by Gasteiger charge is 2.09. The number of aromatic nitrogens is 2. The van der Waals surface area contributed by atoms with E-state index in [2.05, 4.69) is 10.2 Å². The summed E-state index contributed by atoms with van der Waals surface area (Å²) >= 11 is 0. The molecule has 0 amide bonds. The van der Waals surface area contributed by atoms with Gasteiger partial charge in [0.2, 0.25) is 0 Å². The van der Waals surface area contributed by atoms with Gasteiger partial charge >= 0.3 is 10.2 Å². The minimum Gasteiger partial charge on any atom is -0.282 e. The molecule has 1 N–H and O–H groups in total. The molecule has 6 heteroatoms. The van der Waals surface area contributed by atoms with Crippen LogP contribution in [0.3, 0.4) is 0 Å². The first-order chi connectivity index (χ1) is 8.04. The maximum atomic E-state index is 12.3. The Morgan fingerprint density at radius 1 is 1.24 bits per heavy atom. The van der Waals surface area contributed by atoms with Crippen LogP contribution >= 0.6 is 0 Å². The van der Waals surface area contributed by atoms with E-state index in [1.165, 1.54) is 0 Å². The molecule has 1 heterocycles. The van der Waals surface area contributed by atoms with E-state index >= 15 is 0 Å². The van der Waals surface area contributed by atoms with Crippen molar-refractivity contribution >= 4 is 10.2 Å². The second kappa shape index (κ2) is 4.67. The van der Waals surface area contributed by atoms with Gasteiger partial charge in [0.25, 0.3) is 0 Å². The van der Waals surface area contributed by atoms with Crippen LogP contribution in [0.5, 0.6) is 0 Å². The van der Waals surface area contributed by atoms with E-state index in [-0.39, 0.29) is 6.42 Å². The number of hydrogen-bond donors (Lipinski definition) is 1. The van der Waals surface area contributed by atoms with Crippen LogP contribution in [0.15, 0.2) is 36.4 Å². The first-order valence-electron chi connectivity index (χ1n) is 5.07. The second-order valence-electron chi connectivity index (χ2n) is 3.64. The molecule has 90 valence electrons. The molecular weight excluding hydrogens is 243 g/mol. The Balaban J connectivity index is 2.12. The van der Waals surface area contributed by atoms with Crippen molar-refractivity contribution in [2.24, 2.45) is 0 Å². The Hall–Kier alpha value is -1.69. The number of aryl methyl sites for hydroxylation is 1. The van der Waals surface area contributed by atoms with Crippen molar-refractivity contribution in [3.63, 3.8) is 0 Å². The fourth-order valence-electron chi connectivity index (χ4n) is 1.48. The Bertz CT molecular complexity index is 593. The van der Waals surface area contributed by atoms with Gasteiger partial charge in [-0.25, -0.2) is 0 Å². The molecule has 0 saturated carbocycles. The van der Waals surface area contributed by atoms with Crippen LogP contribution in [0, 0.1) is 0 Å². The molecule has 1 aromatic heterocycles. The van der Waals surface area contributed by atoms with E-state index in [1.54, 1.807) is 6.07 Å². The monoisotopic (exact) mass is 254 g/mol. The molecule has 0 bridgehead atoms. The van der Waals surface area contributed by atoms with E-state index in [0.717, 1.165) is 11.3 Å². The van der Waals surface area contributed by atoms with E-state index in [1.807, 2.05) is 30.3 Å². The summed E-state index contributed by atoms with van der Waals surface area (Å²) in [4.78, 5) is 0. The van der Waals surface area contributed by atoms with Gasteiger partial charge in [0.15, 0.2) is 0 Å². The number of H-pyrrole nitrogens is 1. The van der Waals surface area contributed by atoms with Crippen molar-refractivity contribution in [2.45, 2.75) is 6.42 Å². The van der Waals surface area contributed by atoms with Crippen LogP contribution in [-0.4, -0.2) is 24.4 Å². The van der Waals surface area contributed by atoms with E-state index in [4.69, 9.17) is 0 Å². The molecule has 0 aliphatic heterocycles. The van der Waals surface area contributed by atoms with Crippen LogP contribution in [-0.2, 0) is 16.6 Å². The number of benzene rings is 1. The molecule has 0 unspecified atom stereocenters. The summed E-state index contributed by atoms with van der Waals surface area (Å²) in [7, 11) is -4.43. The molecule has 0 aliphatic rings. The zero-order chi connectivity index (χ0) is 12.3. The fourth-order valence-corrected chi connectivity index (χ4v) is 1.94. The zero-order valence-electron chi connectivity index (χ0n) is 8.93. The van der Waals surface area contributed by atoms with E-state index in [9.17, 15) is 12.3 Å². The molecule has 0 radical (unpaired) electrons. The SMILES string of the molecule is O=S(=O)(F)CCc1cc(-c2ccccc2)n[nH]1. The van der Waals surface area contributed by atoms with Crippen LogP contribution in [0.2, 0.25) is 0 Å². The summed E-state index contributed by atoms with van der Waals surface area (Å²) in [6, 6.07) is 11.2. The van der Waals surface area contributed by atoms with Gasteiger partial charge in [-0.05, 0) is 6.07 Å². The highest BCUT2D eigenvalue weighted by atomic mass is 32.3. The summed E-state index contributed by atoms with van der Waals surface area (Å²) in [5.74, 6) is -0.524. The number of nitrogens with zero attached hydrogens (tertiary/aromatic N) is 1. The van der Waals surface area contributed by atoms with Gasteiger partial charge in [-0.3, -0.25) is 5.10 Å². The molecule has 0 fully saturated rings. The largest absolute Gasteiger partial charge is 0.302 e. The molecule has 4 nitrogen and oxygen atoms in total. The summed E-state index contributed by atoms with van der Waals surface area (Å²) in [5.41, 5.74) is 2.25. The van der Waals surface area contributed by atoms with E-state index < -0.39 is 16.0 Å². The molecule has 0 aliphatic carbocycles. The van der Waals surface area contributed by atoms with Crippen molar-refractivity contribution in [1.29, 1.82) is 0 Å². The number of rotatable bonds is 4. The van der Waals surface area contributed by atoms with Crippen molar-refractivity contribution in [3.8, 4) is 11.3 Å². The molecule has 0 atom stereocenters. The number of halogens is 1. The van der Waals surface area contributed by atoms with E-state index in [0.29, 0.717) is 5.69 Å². The highest BCUT2D eigenvalue weighted by molar-refractivity contribution is 7.86. The lowest BCUT2D eigenvalue weighted by Gasteiger charge is -1.93. The molecule has 2 aromatic rings. The predicted octanol–water partition coefficient (Wildman–Crippen LogP) is 1.92. The average Bonchev–Trinajstić information content (AvgIpc) is 2.75. The third-order valence-corrected chi connectivity index (χ3v) is 3.01. The highest BCUT2D eigenvalue weighted by Crippen LogP contribution is 2.17. The van der Waals surface area contributed by atoms with Gasteiger partial charge in [-0.2, -0.15) is 13.5 Å². The minimum absolute atomic E-state index is 0.0959. The molecule has 0 saturated heterocycles. The smallest absolute Gasteiger partial charge is 0.282 e. The van der Waals surface area contributed by atoms with Crippen molar-refractivity contribution in [3.05, 3.63) is 42.1 Å². The lowest BCUT2D eigenvalue weighted by atomic mass is 10.1. The molecule has 1 aromatic carbocycles. The maximum absolute atomic E-state index is 12.3. The molecule has 2 rings (SSSR count). The topological polar surface area (TPSA) is 62.8 Å². The first-order valence-corrected chi connectivity index (χ1v) is 6.62. The summed E-state index contributed by atoms with van der Waals surface area (Å²) in [6.07, 6.45) is 0.0959. The van der Waals surface area contributed by atoms with Crippen molar-refractivity contribution < 1.29 is 12.3 Å². The average molecular weight is 254 g/mol. The van der Waals surface area contributed by atoms with Crippen LogP contribution in [0.25, 0.3) is 11.3 Å². The minimum atomic E-state index is -4.43. The van der Waals surface area contributed by atoms with Crippen LogP contribution in [0.4, 0.5) is 3.89 Å². The Labute approximate surface area is 98.7 Å². The lowest BCUT2D eigenvalue weighted by molar-refractivity contribution is 0.551. The Morgan fingerprint density at radius 3 is 2.59 bits per heavy atom. The van der Waals surface area contributed by atoms with Crippen LogP contribution in [0.1, 0.15) is 5.69 Å². The second-order valence-corrected chi connectivity index (χ2v) is 5.12. The summed E-state index contributed by atoms with van der Waals surface area (Å²) in [5, 5.41) is 6.74. The summed E-state index contributed by atoms with van der Waals surface area (Å²) in [6.45, 7) is 0. The van der Waals surface area contributed by atoms with Gasteiger partial charge in [0, 0.05) is 17.7 Å². The molecule has 0 spiro atoms.